The molecule has 1 fully saturated rings. The number of unbranched alkanes of at least 4 members (excludes halogenated alkanes) is 1. The van der Waals surface area contributed by atoms with Crippen LogP contribution in [0.15, 0.2) is 60.7 Å². The Kier molecular flexibility index (Phi) is 21.7. The highest BCUT2D eigenvalue weighted by atomic mass is 16.6. The normalized spacial score (nSPS) is 17.0. The molecule has 71 heavy (non-hydrogen) atoms. The Hall–Kier alpha value is -6.40. The summed E-state index contributed by atoms with van der Waals surface area (Å²) in [5.41, 5.74) is -2.67. The van der Waals surface area contributed by atoms with Gasteiger partial charge in [0.2, 0.25) is 23.6 Å². The average molecular weight is 994 g/mol. The number of hydrogen-bond donors (Lipinski definition) is 6. The van der Waals surface area contributed by atoms with E-state index in [9.17, 15) is 38.4 Å². The van der Waals surface area contributed by atoms with Gasteiger partial charge >= 0.3 is 24.2 Å². The van der Waals surface area contributed by atoms with Crippen molar-refractivity contribution >= 4 is 47.9 Å². The molecule has 394 valence electrons. The van der Waals surface area contributed by atoms with Gasteiger partial charge in [0.1, 0.15) is 41.0 Å². The van der Waals surface area contributed by atoms with Crippen LogP contribution in [0.2, 0.25) is 0 Å². The molecule has 1 heterocycles. The van der Waals surface area contributed by atoms with Gasteiger partial charge in [-0.2, -0.15) is 0 Å². The number of nitrogens with zero attached hydrogens (tertiary/aromatic N) is 1. The number of amides is 7. The number of methoxy groups -OCH3 is 1. The molecular weight excluding hydrogens is 915 g/mol. The SMILES string of the molecule is COC(=O)C1(NC(=O)OC(C)(C)C)CCN(C(=O)[C@@H](CCCCNC(=O)OC(C)(C)C)NC(=O)[C@@H](CC(C)C)NC(=O)[C@@H](Cc2ccccc2)NC(=O)[C@H](NC(=O)OC(C)(C)C)[C@H](C)c2ccccc2)C1. The average Bonchev–Trinajstić information content (AvgIpc) is 3.69. The van der Waals surface area contributed by atoms with Crippen LogP contribution >= 0.6 is 0 Å². The first-order valence-corrected chi connectivity index (χ1v) is 24.4. The molecule has 2 aromatic rings. The summed E-state index contributed by atoms with van der Waals surface area (Å²) in [6.07, 6.45) is -1.36. The molecule has 1 aliphatic rings. The number of benzene rings is 2. The summed E-state index contributed by atoms with van der Waals surface area (Å²) in [5.74, 6) is -4.12. The number of carbonyl (C=O) groups excluding carboxylic acids is 8. The second-order valence-electron chi connectivity index (χ2n) is 21.5. The fourth-order valence-electron chi connectivity index (χ4n) is 7.84. The number of rotatable bonds is 21. The smallest absolute Gasteiger partial charge is 0.408 e. The molecule has 2 aromatic carbocycles. The summed E-state index contributed by atoms with van der Waals surface area (Å²) < 4.78 is 21.4. The van der Waals surface area contributed by atoms with Crippen LogP contribution in [-0.2, 0) is 49.3 Å². The summed E-state index contributed by atoms with van der Waals surface area (Å²) in [7, 11) is 1.17. The van der Waals surface area contributed by atoms with Gasteiger partial charge in [-0.1, -0.05) is 81.4 Å². The molecule has 0 bridgehead atoms. The number of ether oxygens (including phenoxy) is 4. The standard InChI is InChI=1S/C52H79N7O12/c1-33(2)30-38(55-42(61)39(31-35-22-16-14-17-23-35)56-43(62)40(57-47(66)70-50(7,8)9)34(3)36-24-18-15-19-25-36)41(60)54-37(26-20-21-28-53-46(65)69-49(4,5)6)44(63)59-29-27-52(32-59,45(64)68-13)58-48(67)71-51(10,11)12/h14-19,22-25,33-34,37-40H,20-21,26-32H2,1-13H3,(H,53,65)(H,54,60)(H,55,61)(H,56,62)(H,57,66)(H,58,67)/t34-,37-,38-,39-,40-,52?/m1/s1. The summed E-state index contributed by atoms with van der Waals surface area (Å²) in [5, 5.41) is 16.6. The van der Waals surface area contributed by atoms with E-state index in [1.54, 1.807) is 93.5 Å². The number of esters is 1. The van der Waals surface area contributed by atoms with Crippen LogP contribution in [0.5, 0.6) is 0 Å². The Morgan fingerprint density at radius 1 is 0.634 bits per heavy atom. The quantitative estimate of drug-likeness (QED) is 0.0494. The number of nitrogens with one attached hydrogen (secondary N) is 6. The van der Waals surface area contributed by atoms with Crippen molar-refractivity contribution in [2.45, 2.75) is 174 Å². The third-order valence-corrected chi connectivity index (χ3v) is 11.1. The molecule has 0 aromatic heterocycles. The maximum absolute atomic E-state index is 14.6. The van der Waals surface area contributed by atoms with Crippen LogP contribution in [0.4, 0.5) is 14.4 Å². The molecule has 6 atom stereocenters. The lowest BCUT2D eigenvalue weighted by Crippen LogP contribution is -2.60. The lowest BCUT2D eigenvalue weighted by Gasteiger charge is -2.31. The number of likely N-dealkylation sites (tertiary alicyclic amines) is 1. The molecule has 3 rings (SSSR count). The van der Waals surface area contributed by atoms with Crippen molar-refractivity contribution in [3.05, 3.63) is 71.8 Å². The lowest BCUT2D eigenvalue weighted by molar-refractivity contribution is -0.148. The molecule has 19 nitrogen and oxygen atoms in total. The number of alkyl carbamates (subject to hydrolysis) is 3. The van der Waals surface area contributed by atoms with Crippen LogP contribution < -0.4 is 31.9 Å². The van der Waals surface area contributed by atoms with E-state index in [1.165, 1.54) is 12.0 Å². The van der Waals surface area contributed by atoms with Crippen molar-refractivity contribution < 1.29 is 57.3 Å². The Morgan fingerprint density at radius 3 is 1.72 bits per heavy atom. The van der Waals surface area contributed by atoms with E-state index in [-0.39, 0.29) is 51.2 Å². The topological polar surface area (TPSA) is 249 Å². The van der Waals surface area contributed by atoms with Crippen molar-refractivity contribution in [3.63, 3.8) is 0 Å². The van der Waals surface area contributed by atoms with Crippen LogP contribution in [0.3, 0.4) is 0 Å². The van der Waals surface area contributed by atoms with Gasteiger partial charge in [0.05, 0.1) is 13.7 Å². The zero-order chi connectivity index (χ0) is 53.3. The second kappa shape index (κ2) is 26.2. The first-order valence-electron chi connectivity index (χ1n) is 24.4. The van der Waals surface area contributed by atoms with Crippen molar-refractivity contribution in [2.75, 3.05) is 26.7 Å². The van der Waals surface area contributed by atoms with Gasteiger partial charge in [0, 0.05) is 31.8 Å². The summed E-state index contributed by atoms with van der Waals surface area (Å²) in [6, 6.07) is 13.2. The molecular formula is C52H79N7O12. The third-order valence-electron chi connectivity index (χ3n) is 11.1. The molecule has 1 saturated heterocycles. The fraction of sp³-hybridized carbons (Fsp3) is 0.615. The molecule has 1 unspecified atom stereocenters. The molecule has 0 spiro atoms. The third kappa shape index (κ3) is 20.5. The van der Waals surface area contributed by atoms with E-state index in [2.05, 4.69) is 31.9 Å². The molecule has 1 aliphatic heterocycles. The van der Waals surface area contributed by atoms with Crippen LogP contribution in [0, 0.1) is 5.92 Å². The Balaban J connectivity index is 1.96. The predicted molar refractivity (Wildman–Crippen MR) is 267 cm³/mol. The van der Waals surface area contributed by atoms with E-state index in [4.69, 9.17) is 18.9 Å². The first-order chi connectivity index (χ1) is 33.0. The Morgan fingerprint density at radius 2 is 1.15 bits per heavy atom. The molecule has 7 amide bonds. The van der Waals surface area contributed by atoms with Gasteiger partial charge in [-0.15, -0.1) is 0 Å². The molecule has 0 aliphatic carbocycles. The van der Waals surface area contributed by atoms with Gasteiger partial charge in [0.15, 0.2) is 5.54 Å². The van der Waals surface area contributed by atoms with Gasteiger partial charge in [-0.25, -0.2) is 19.2 Å². The highest BCUT2D eigenvalue weighted by molar-refractivity contribution is 5.96. The van der Waals surface area contributed by atoms with Crippen LogP contribution in [0.1, 0.15) is 132 Å². The molecule has 19 heteroatoms. The Labute approximate surface area is 419 Å². The summed E-state index contributed by atoms with van der Waals surface area (Å²) >= 11 is 0. The minimum Gasteiger partial charge on any atom is -0.467 e. The van der Waals surface area contributed by atoms with Crippen molar-refractivity contribution in [1.82, 2.24) is 36.8 Å². The number of hydrogen-bond acceptors (Lipinski definition) is 12. The monoisotopic (exact) mass is 994 g/mol. The van der Waals surface area contributed by atoms with Crippen LogP contribution in [-0.4, -0.2) is 126 Å². The second-order valence-corrected chi connectivity index (χ2v) is 21.5. The maximum atomic E-state index is 14.6. The van der Waals surface area contributed by atoms with Gasteiger partial charge in [-0.3, -0.25) is 19.2 Å². The minimum atomic E-state index is -1.65. The fourth-order valence-corrected chi connectivity index (χ4v) is 7.84. The van der Waals surface area contributed by atoms with Crippen molar-refractivity contribution in [2.24, 2.45) is 5.92 Å². The zero-order valence-corrected chi connectivity index (χ0v) is 43.9. The van der Waals surface area contributed by atoms with E-state index in [0.717, 1.165) is 5.56 Å². The van der Waals surface area contributed by atoms with Crippen LogP contribution in [0.25, 0.3) is 0 Å². The minimum absolute atomic E-state index is 0.00991. The molecule has 6 N–H and O–H groups in total. The van der Waals surface area contributed by atoms with Gasteiger partial charge < -0.3 is 55.7 Å². The van der Waals surface area contributed by atoms with Crippen molar-refractivity contribution in [3.8, 4) is 0 Å². The van der Waals surface area contributed by atoms with E-state index in [0.29, 0.717) is 18.4 Å². The summed E-state index contributed by atoms with van der Waals surface area (Å²) in [6.45, 7) is 20.8. The predicted octanol–water partition coefficient (Wildman–Crippen LogP) is 5.79. The van der Waals surface area contributed by atoms with E-state index < -0.39 is 100 Å². The largest absolute Gasteiger partial charge is 0.467 e. The summed E-state index contributed by atoms with van der Waals surface area (Å²) in [4.78, 5) is 111. The van der Waals surface area contributed by atoms with Gasteiger partial charge in [-0.05, 0) is 105 Å². The highest BCUT2D eigenvalue weighted by Crippen LogP contribution is 2.26. The maximum Gasteiger partial charge on any atom is 0.408 e. The first kappa shape index (κ1) is 58.9. The highest BCUT2D eigenvalue weighted by Gasteiger charge is 2.50. The van der Waals surface area contributed by atoms with Gasteiger partial charge in [0.25, 0.3) is 0 Å². The zero-order valence-electron chi connectivity index (χ0n) is 43.9. The van der Waals surface area contributed by atoms with E-state index >= 15 is 0 Å². The molecule has 0 saturated carbocycles. The van der Waals surface area contributed by atoms with E-state index in [1.807, 2.05) is 50.2 Å². The lowest BCUT2D eigenvalue weighted by atomic mass is 9.92. The molecule has 0 radical (unpaired) electrons. The Bertz CT molecular complexity index is 2120. The van der Waals surface area contributed by atoms with Crippen molar-refractivity contribution in [1.29, 1.82) is 0 Å². The number of carbonyl (C=O) groups is 8.